The summed E-state index contributed by atoms with van der Waals surface area (Å²) in [4.78, 5) is 3.66. The van der Waals surface area contributed by atoms with Gasteiger partial charge in [-0.1, -0.05) is 48.5 Å². The van der Waals surface area contributed by atoms with Crippen LogP contribution in [0.5, 0.6) is 23.0 Å². The van der Waals surface area contributed by atoms with Gasteiger partial charge in [0.2, 0.25) is 0 Å². The molecule has 0 bridgehead atoms. The summed E-state index contributed by atoms with van der Waals surface area (Å²) in [6, 6.07) is 34.1. The van der Waals surface area contributed by atoms with Gasteiger partial charge in [0.05, 0.1) is 5.69 Å². The Morgan fingerprint density at radius 2 is 1.32 bits per heavy atom. The lowest BCUT2D eigenvalue weighted by Gasteiger charge is -2.12. The fraction of sp³-hybridized carbons (Fsp3) is 0.133. The summed E-state index contributed by atoms with van der Waals surface area (Å²) < 4.78 is 12.4. The molecule has 1 aromatic heterocycles. The molecule has 0 spiro atoms. The van der Waals surface area contributed by atoms with Crippen molar-refractivity contribution in [2.24, 2.45) is 5.73 Å². The van der Waals surface area contributed by atoms with Crippen LogP contribution in [0.3, 0.4) is 0 Å². The number of aromatic amines is 1. The van der Waals surface area contributed by atoms with Crippen molar-refractivity contribution in [1.82, 2.24) is 4.98 Å². The van der Waals surface area contributed by atoms with Gasteiger partial charge in [0.1, 0.15) is 23.0 Å². The number of H-pyrrole nitrogens is 1. The Kier molecular flexibility index (Phi) is 6.59. The predicted octanol–water partition coefficient (Wildman–Crippen LogP) is 7.70. The highest BCUT2D eigenvalue weighted by molar-refractivity contribution is 5.93. The van der Waals surface area contributed by atoms with Crippen LogP contribution in [0.4, 0.5) is 0 Å². The summed E-state index contributed by atoms with van der Waals surface area (Å²) in [5.41, 5.74) is 10.3. The Morgan fingerprint density at radius 3 is 2.06 bits per heavy atom. The number of aryl methyl sites for hydroxylation is 1. The average Bonchev–Trinajstić information content (AvgIpc) is 3.23. The molecule has 0 saturated carbocycles. The lowest BCUT2D eigenvalue weighted by molar-refractivity contribution is 0.483. The fourth-order valence-electron chi connectivity index (χ4n) is 4.23. The molecule has 170 valence electrons. The summed E-state index contributed by atoms with van der Waals surface area (Å²) in [5.74, 6) is 3.28. The number of nitrogens with one attached hydrogen (secondary N) is 1. The van der Waals surface area contributed by atoms with Crippen LogP contribution in [0.1, 0.15) is 18.4 Å². The SMILES string of the molecule is NCCCCc1c(-c2ccccc2Oc2ccccc2)[nH]c2ccc(Oc3ccccc3)cc12. The molecule has 3 N–H and O–H groups in total. The Labute approximate surface area is 200 Å². The number of ether oxygens (including phenoxy) is 2. The monoisotopic (exact) mass is 448 g/mol. The van der Waals surface area contributed by atoms with Gasteiger partial charge in [-0.15, -0.1) is 0 Å². The summed E-state index contributed by atoms with van der Waals surface area (Å²) in [6.45, 7) is 0.688. The number of nitrogens with two attached hydrogens (primary N) is 1. The van der Waals surface area contributed by atoms with E-state index in [-0.39, 0.29) is 0 Å². The third-order valence-corrected chi connectivity index (χ3v) is 5.86. The molecule has 0 fully saturated rings. The summed E-state index contributed by atoms with van der Waals surface area (Å²) >= 11 is 0. The van der Waals surface area contributed by atoms with Crippen LogP contribution in [0.25, 0.3) is 22.2 Å². The van der Waals surface area contributed by atoms with Crippen LogP contribution < -0.4 is 15.2 Å². The second-order valence-corrected chi connectivity index (χ2v) is 8.26. The highest BCUT2D eigenvalue weighted by atomic mass is 16.5. The van der Waals surface area contributed by atoms with Gasteiger partial charge in [-0.05, 0) is 86.0 Å². The van der Waals surface area contributed by atoms with Gasteiger partial charge >= 0.3 is 0 Å². The second-order valence-electron chi connectivity index (χ2n) is 8.26. The molecular formula is C30H28N2O2. The van der Waals surface area contributed by atoms with Crippen molar-refractivity contribution >= 4 is 10.9 Å². The van der Waals surface area contributed by atoms with Crippen molar-refractivity contribution in [1.29, 1.82) is 0 Å². The maximum atomic E-state index is 6.28. The molecule has 0 aliphatic heterocycles. The number of para-hydroxylation sites is 3. The van der Waals surface area contributed by atoms with Crippen LogP contribution in [-0.4, -0.2) is 11.5 Å². The van der Waals surface area contributed by atoms with E-state index in [0.717, 1.165) is 64.4 Å². The van der Waals surface area contributed by atoms with Gasteiger partial charge in [-0.2, -0.15) is 0 Å². The van der Waals surface area contributed by atoms with Crippen LogP contribution in [0, 0.1) is 0 Å². The van der Waals surface area contributed by atoms with E-state index in [0.29, 0.717) is 6.54 Å². The minimum atomic E-state index is 0.688. The van der Waals surface area contributed by atoms with E-state index in [1.54, 1.807) is 0 Å². The Balaban J connectivity index is 1.57. The molecule has 0 saturated heterocycles. The minimum absolute atomic E-state index is 0.688. The molecule has 0 aliphatic rings. The first-order chi connectivity index (χ1) is 16.8. The van der Waals surface area contributed by atoms with Crippen LogP contribution >= 0.6 is 0 Å². The first-order valence-electron chi connectivity index (χ1n) is 11.7. The van der Waals surface area contributed by atoms with Crippen molar-refractivity contribution in [3.8, 4) is 34.3 Å². The van der Waals surface area contributed by atoms with Crippen LogP contribution in [-0.2, 0) is 6.42 Å². The maximum Gasteiger partial charge on any atom is 0.136 e. The molecule has 0 aliphatic carbocycles. The molecule has 5 rings (SSSR count). The average molecular weight is 449 g/mol. The fourth-order valence-corrected chi connectivity index (χ4v) is 4.23. The number of hydrogen-bond donors (Lipinski definition) is 2. The van der Waals surface area contributed by atoms with Crippen molar-refractivity contribution < 1.29 is 9.47 Å². The van der Waals surface area contributed by atoms with Gasteiger partial charge in [0.15, 0.2) is 0 Å². The van der Waals surface area contributed by atoms with Gasteiger partial charge in [-0.3, -0.25) is 0 Å². The largest absolute Gasteiger partial charge is 0.457 e. The van der Waals surface area contributed by atoms with Crippen molar-refractivity contribution in [3.05, 3.63) is 109 Å². The van der Waals surface area contributed by atoms with Crippen LogP contribution in [0.15, 0.2) is 103 Å². The molecule has 4 heteroatoms. The predicted molar refractivity (Wildman–Crippen MR) is 139 cm³/mol. The Bertz CT molecular complexity index is 1360. The third kappa shape index (κ3) is 4.82. The number of fused-ring (bicyclic) bond motifs is 1. The van der Waals surface area contributed by atoms with Crippen molar-refractivity contribution in [2.75, 3.05) is 6.54 Å². The molecular weight excluding hydrogens is 420 g/mol. The second kappa shape index (κ2) is 10.3. The van der Waals surface area contributed by atoms with Gasteiger partial charge < -0.3 is 20.2 Å². The number of benzene rings is 4. The molecule has 5 aromatic rings. The maximum absolute atomic E-state index is 6.28. The highest BCUT2D eigenvalue weighted by Crippen LogP contribution is 2.39. The van der Waals surface area contributed by atoms with E-state index < -0.39 is 0 Å². The van der Waals surface area contributed by atoms with Gasteiger partial charge in [-0.25, -0.2) is 0 Å². The zero-order valence-electron chi connectivity index (χ0n) is 19.0. The molecule has 0 radical (unpaired) electrons. The zero-order chi connectivity index (χ0) is 23.2. The lowest BCUT2D eigenvalue weighted by Crippen LogP contribution is -1.99. The molecule has 0 unspecified atom stereocenters. The highest BCUT2D eigenvalue weighted by Gasteiger charge is 2.17. The molecule has 1 heterocycles. The molecule has 34 heavy (non-hydrogen) atoms. The normalized spacial score (nSPS) is 11.0. The molecule has 0 amide bonds. The summed E-state index contributed by atoms with van der Waals surface area (Å²) in [5, 5.41) is 1.16. The smallest absolute Gasteiger partial charge is 0.136 e. The molecule has 0 atom stereocenters. The molecule has 4 nitrogen and oxygen atoms in total. The Hall–Kier alpha value is -4.02. The van der Waals surface area contributed by atoms with E-state index in [2.05, 4.69) is 23.2 Å². The lowest BCUT2D eigenvalue weighted by atomic mass is 9.99. The summed E-state index contributed by atoms with van der Waals surface area (Å²) in [6.07, 6.45) is 2.91. The van der Waals surface area contributed by atoms with E-state index in [4.69, 9.17) is 15.2 Å². The van der Waals surface area contributed by atoms with Crippen molar-refractivity contribution in [2.45, 2.75) is 19.3 Å². The quantitative estimate of drug-likeness (QED) is 0.227. The zero-order valence-corrected chi connectivity index (χ0v) is 19.0. The van der Waals surface area contributed by atoms with E-state index in [1.165, 1.54) is 5.56 Å². The standard InChI is InChI=1S/C30H28N2O2/c31-20-10-9-15-25-27-21-24(33-22-11-3-1-4-12-22)18-19-28(27)32-30(25)26-16-7-8-17-29(26)34-23-13-5-2-6-14-23/h1-8,11-14,16-19,21,32H,9-10,15,20,31H2. The number of unbranched alkanes of at least 4 members (excludes halogenated alkanes) is 1. The molecule has 4 aromatic carbocycles. The Morgan fingerprint density at radius 1 is 0.647 bits per heavy atom. The number of aromatic nitrogens is 1. The van der Waals surface area contributed by atoms with E-state index in [1.807, 2.05) is 84.9 Å². The number of hydrogen-bond acceptors (Lipinski definition) is 3. The van der Waals surface area contributed by atoms with E-state index >= 15 is 0 Å². The van der Waals surface area contributed by atoms with Crippen LogP contribution in [0.2, 0.25) is 0 Å². The minimum Gasteiger partial charge on any atom is -0.457 e. The first-order valence-corrected chi connectivity index (χ1v) is 11.7. The van der Waals surface area contributed by atoms with Crippen molar-refractivity contribution in [3.63, 3.8) is 0 Å². The van der Waals surface area contributed by atoms with Gasteiger partial charge in [0.25, 0.3) is 0 Å². The number of rotatable bonds is 9. The topological polar surface area (TPSA) is 60.3 Å². The first kappa shape index (κ1) is 21.8. The van der Waals surface area contributed by atoms with Gasteiger partial charge in [0, 0.05) is 16.5 Å². The summed E-state index contributed by atoms with van der Waals surface area (Å²) in [7, 11) is 0. The van der Waals surface area contributed by atoms with E-state index in [9.17, 15) is 0 Å². The third-order valence-electron chi connectivity index (χ3n) is 5.86.